The highest BCUT2D eigenvalue weighted by atomic mass is 16.5. The fourth-order valence-corrected chi connectivity index (χ4v) is 2.75. The number of fused-ring (bicyclic) bond motifs is 2. The van der Waals surface area contributed by atoms with E-state index in [-0.39, 0.29) is 18.1 Å². The van der Waals surface area contributed by atoms with Crippen molar-refractivity contribution in [3.05, 3.63) is 18.1 Å². The molecule has 20 heavy (non-hydrogen) atoms. The maximum atomic E-state index is 12.5. The van der Waals surface area contributed by atoms with E-state index < -0.39 is 0 Å². The van der Waals surface area contributed by atoms with Crippen molar-refractivity contribution in [2.45, 2.75) is 38.4 Å². The number of carbonyl (C=O) groups excluding carboxylic acids is 1. The third kappa shape index (κ3) is 2.75. The summed E-state index contributed by atoms with van der Waals surface area (Å²) in [7, 11) is 0. The molecule has 1 aromatic heterocycles. The van der Waals surface area contributed by atoms with Gasteiger partial charge in [-0.15, -0.1) is 0 Å². The van der Waals surface area contributed by atoms with Gasteiger partial charge in [0.15, 0.2) is 0 Å². The Morgan fingerprint density at radius 3 is 2.85 bits per heavy atom. The minimum Gasteiger partial charge on any atom is -0.371 e. The highest BCUT2D eigenvalue weighted by Gasteiger charge is 2.36. The van der Waals surface area contributed by atoms with Crippen molar-refractivity contribution in [1.29, 1.82) is 0 Å². The second-order valence-electron chi connectivity index (χ2n) is 5.38. The predicted molar refractivity (Wildman–Crippen MR) is 74.6 cm³/mol. The summed E-state index contributed by atoms with van der Waals surface area (Å²) in [6, 6.07) is 0. The molecule has 2 atom stereocenters. The summed E-state index contributed by atoms with van der Waals surface area (Å²) in [6.07, 6.45) is 6.70. The summed E-state index contributed by atoms with van der Waals surface area (Å²) in [4.78, 5) is 22.8. The molecule has 1 N–H and O–H groups in total. The van der Waals surface area contributed by atoms with Gasteiger partial charge in [0.1, 0.15) is 11.5 Å². The molecule has 0 radical (unpaired) electrons. The molecule has 0 saturated carbocycles. The van der Waals surface area contributed by atoms with Crippen LogP contribution in [-0.2, 0) is 4.74 Å². The molecule has 6 nitrogen and oxygen atoms in total. The third-order valence-corrected chi connectivity index (χ3v) is 3.74. The first-order chi connectivity index (χ1) is 9.76. The summed E-state index contributed by atoms with van der Waals surface area (Å²) in [5.41, 5.74) is 0.410. The van der Waals surface area contributed by atoms with Crippen LogP contribution in [0.2, 0.25) is 0 Å². The smallest absolute Gasteiger partial charge is 0.274 e. The van der Waals surface area contributed by atoms with Gasteiger partial charge in [-0.2, -0.15) is 0 Å². The van der Waals surface area contributed by atoms with Gasteiger partial charge in [-0.1, -0.05) is 6.92 Å². The van der Waals surface area contributed by atoms with Crippen LogP contribution in [0.1, 0.15) is 36.7 Å². The molecule has 0 aliphatic carbocycles. The minimum absolute atomic E-state index is 0.0437. The van der Waals surface area contributed by atoms with Crippen LogP contribution in [0.25, 0.3) is 0 Å². The second kappa shape index (κ2) is 5.75. The Labute approximate surface area is 118 Å². The first-order valence-electron chi connectivity index (χ1n) is 7.27. The average molecular weight is 276 g/mol. The molecular formula is C14H20N4O2. The van der Waals surface area contributed by atoms with Crippen LogP contribution in [-0.4, -0.2) is 52.6 Å². The first-order valence-corrected chi connectivity index (χ1v) is 7.27. The van der Waals surface area contributed by atoms with Crippen LogP contribution in [0, 0.1) is 0 Å². The van der Waals surface area contributed by atoms with Gasteiger partial charge in [-0.25, -0.2) is 4.98 Å². The zero-order chi connectivity index (χ0) is 13.9. The number of nitrogens with one attached hydrogen (secondary N) is 1. The zero-order valence-electron chi connectivity index (χ0n) is 11.7. The lowest BCUT2D eigenvalue weighted by Gasteiger charge is -2.31. The van der Waals surface area contributed by atoms with E-state index in [0.29, 0.717) is 24.6 Å². The molecule has 3 rings (SSSR count). The van der Waals surface area contributed by atoms with E-state index in [1.165, 1.54) is 6.20 Å². The predicted octanol–water partition coefficient (Wildman–Crippen LogP) is 1.30. The number of anilines is 1. The third-order valence-electron chi connectivity index (χ3n) is 3.74. The number of hydrogen-bond acceptors (Lipinski definition) is 5. The van der Waals surface area contributed by atoms with Crippen molar-refractivity contribution in [2.75, 3.05) is 25.0 Å². The molecule has 1 aromatic rings. The van der Waals surface area contributed by atoms with E-state index in [1.54, 1.807) is 6.20 Å². The summed E-state index contributed by atoms with van der Waals surface area (Å²) < 4.78 is 5.75. The number of ether oxygens (including phenoxy) is 1. The quantitative estimate of drug-likeness (QED) is 0.898. The molecule has 2 aliphatic rings. The molecule has 2 bridgehead atoms. The van der Waals surface area contributed by atoms with Gasteiger partial charge in [0.25, 0.3) is 5.91 Å². The van der Waals surface area contributed by atoms with Crippen LogP contribution in [0.5, 0.6) is 0 Å². The molecule has 2 unspecified atom stereocenters. The number of likely N-dealkylation sites (tertiary alicyclic amines) is 1. The standard InChI is InChI=1S/C14H20N4O2/c1-2-5-16-13-7-15-6-12(17-13)14(19)18-8-10-3-4-11(9-18)20-10/h6-7,10-11H,2-5,8-9H2,1H3,(H,16,17). The first kappa shape index (κ1) is 13.3. The summed E-state index contributed by atoms with van der Waals surface area (Å²) in [5.74, 6) is 0.617. The van der Waals surface area contributed by atoms with Gasteiger partial charge >= 0.3 is 0 Å². The molecule has 6 heteroatoms. The van der Waals surface area contributed by atoms with E-state index in [4.69, 9.17) is 4.74 Å². The number of carbonyl (C=O) groups is 1. The van der Waals surface area contributed by atoms with Crippen molar-refractivity contribution < 1.29 is 9.53 Å². The number of nitrogens with zero attached hydrogens (tertiary/aromatic N) is 3. The Morgan fingerprint density at radius 2 is 2.15 bits per heavy atom. The van der Waals surface area contributed by atoms with E-state index in [0.717, 1.165) is 25.8 Å². The molecule has 2 saturated heterocycles. The van der Waals surface area contributed by atoms with E-state index >= 15 is 0 Å². The molecule has 2 fully saturated rings. The molecule has 0 aromatic carbocycles. The number of aromatic nitrogens is 2. The maximum absolute atomic E-state index is 12.5. The second-order valence-corrected chi connectivity index (χ2v) is 5.38. The lowest BCUT2D eigenvalue weighted by Crippen LogP contribution is -2.46. The molecular weight excluding hydrogens is 256 g/mol. The number of amides is 1. The maximum Gasteiger partial charge on any atom is 0.274 e. The largest absolute Gasteiger partial charge is 0.371 e. The fourth-order valence-electron chi connectivity index (χ4n) is 2.75. The summed E-state index contributed by atoms with van der Waals surface area (Å²) >= 11 is 0. The Hall–Kier alpha value is -1.69. The lowest BCUT2D eigenvalue weighted by atomic mass is 10.2. The minimum atomic E-state index is -0.0437. The van der Waals surface area contributed by atoms with Crippen molar-refractivity contribution in [2.24, 2.45) is 0 Å². The number of rotatable bonds is 4. The molecule has 2 aliphatic heterocycles. The van der Waals surface area contributed by atoms with Gasteiger partial charge in [0.05, 0.1) is 24.6 Å². The average Bonchev–Trinajstić information content (AvgIpc) is 2.83. The Morgan fingerprint density at radius 1 is 1.40 bits per heavy atom. The lowest BCUT2D eigenvalue weighted by molar-refractivity contribution is -0.0305. The van der Waals surface area contributed by atoms with Crippen molar-refractivity contribution in [1.82, 2.24) is 14.9 Å². The van der Waals surface area contributed by atoms with Crippen molar-refractivity contribution >= 4 is 11.7 Å². The van der Waals surface area contributed by atoms with Crippen LogP contribution in [0.4, 0.5) is 5.82 Å². The van der Waals surface area contributed by atoms with Gasteiger partial charge in [0.2, 0.25) is 0 Å². The van der Waals surface area contributed by atoms with Gasteiger partial charge in [-0.05, 0) is 19.3 Å². The topological polar surface area (TPSA) is 67.4 Å². The summed E-state index contributed by atoms with van der Waals surface area (Å²) in [5, 5.41) is 3.15. The normalized spacial score (nSPS) is 24.8. The van der Waals surface area contributed by atoms with Crippen LogP contribution < -0.4 is 5.32 Å². The van der Waals surface area contributed by atoms with Gasteiger partial charge in [0, 0.05) is 19.6 Å². The molecule has 3 heterocycles. The molecule has 0 spiro atoms. The zero-order valence-corrected chi connectivity index (χ0v) is 11.7. The monoisotopic (exact) mass is 276 g/mol. The van der Waals surface area contributed by atoms with Crippen molar-refractivity contribution in [3.63, 3.8) is 0 Å². The van der Waals surface area contributed by atoms with Crippen LogP contribution >= 0.6 is 0 Å². The number of morpholine rings is 1. The SMILES string of the molecule is CCCNc1cncc(C(=O)N2CC3CCC(C2)O3)n1. The Bertz CT molecular complexity index is 482. The summed E-state index contributed by atoms with van der Waals surface area (Å²) in [6.45, 7) is 4.25. The van der Waals surface area contributed by atoms with Crippen LogP contribution in [0.3, 0.4) is 0 Å². The van der Waals surface area contributed by atoms with Crippen molar-refractivity contribution in [3.8, 4) is 0 Å². The fraction of sp³-hybridized carbons (Fsp3) is 0.643. The van der Waals surface area contributed by atoms with E-state index in [1.807, 2.05) is 4.90 Å². The van der Waals surface area contributed by atoms with Gasteiger partial charge < -0.3 is 15.0 Å². The highest BCUT2D eigenvalue weighted by molar-refractivity contribution is 5.92. The van der Waals surface area contributed by atoms with Crippen LogP contribution in [0.15, 0.2) is 12.4 Å². The molecule has 108 valence electrons. The number of hydrogen-bond donors (Lipinski definition) is 1. The highest BCUT2D eigenvalue weighted by Crippen LogP contribution is 2.26. The Balaban J connectivity index is 1.70. The van der Waals surface area contributed by atoms with Gasteiger partial charge in [-0.3, -0.25) is 9.78 Å². The molecule has 1 amide bonds. The Kier molecular flexibility index (Phi) is 3.82. The van der Waals surface area contributed by atoms with E-state index in [9.17, 15) is 4.79 Å². The van der Waals surface area contributed by atoms with E-state index in [2.05, 4.69) is 22.2 Å².